The van der Waals surface area contributed by atoms with E-state index in [1.54, 1.807) is 0 Å². The highest BCUT2D eigenvalue weighted by atomic mass is 79.9. The Bertz CT molecular complexity index is 400. The molecule has 3 nitrogen and oxygen atoms in total. The van der Waals surface area contributed by atoms with E-state index in [2.05, 4.69) is 39.6 Å². The summed E-state index contributed by atoms with van der Waals surface area (Å²) in [4.78, 5) is 0. The molecule has 1 aromatic rings. The van der Waals surface area contributed by atoms with Gasteiger partial charge in [0.15, 0.2) is 0 Å². The van der Waals surface area contributed by atoms with Crippen molar-refractivity contribution in [2.75, 3.05) is 0 Å². The maximum Gasteiger partial charge on any atom is 0.0738 e. The van der Waals surface area contributed by atoms with Crippen molar-refractivity contribution in [1.29, 1.82) is 0 Å². The van der Waals surface area contributed by atoms with Gasteiger partial charge in [0.2, 0.25) is 0 Å². The number of aryl methyl sites for hydroxylation is 2. The lowest BCUT2D eigenvalue weighted by Crippen LogP contribution is -2.23. The van der Waals surface area contributed by atoms with E-state index in [-0.39, 0.29) is 0 Å². The smallest absolute Gasteiger partial charge is 0.0738 e. The molecule has 2 atom stereocenters. The molecule has 1 heterocycles. The van der Waals surface area contributed by atoms with Crippen LogP contribution in [0.15, 0.2) is 4.47 Å². The van der Waals surface area contributed by atoms with Gasteiger partial charge >= 0.3 is 0 Å². The van der Waals surface area contributed by atoms with Crippen LogP contribution >= 0.6 is 15.9 Å². The van der Waals surface area contributed by atoms with E-state index in [9.17, 15) is 0 Å². The van der Waals surface area contributed by atoms with Crippen LogP contribution in [0.4, 0.5) is 0 Å². The van der Waals surface area contributed by atoms with Crippen molar-refractivity contribution < 1.29 is 0 Å². The summed E-state index contributed by atoms with van der Waals surface area (Å²) in [7, 11) is 0. The lowest BCUT2D eigenvalue weighted by atomic mass is 9.93. The average Bonchev–Trinajstić information content (AvgIpc) is 2.53. The molecule has 0 spiro atoms. The Kier molecular flexibility index (Phi) is 4.84. The first kappa shape index (κ1) is 14.1. The van der Waals surface area contributed by atoms with Gasteiger partial charge < -0.3 is 5.73 Å². The number of hydrogen-bond donors (Lipinski definition) is 1. The Hall–Kier alpha value is -0.350. The third kappa shape index (κ3) is 3.15. The lowest BCUT2D eigenvalue weighted by Gasteiger charge is -2.17. The van der Waals surface area contributed by atoms with Crippen LogP contribution in [-0.2, 0) is 13.0 Å². The van der Waals surface area contributed by atoms with Gasteiger partial charge in [-0.05, 0) is 55.0 Å². The van der Waals surface area contributed by atoms with Gasteiger partial charge in [0, 0.05) is 12.6 Å². The molecule has 102 valence electrons. The van der Waals surface area contributed by atoms with Crippen LogP contribution in [0.5, 0.6) is 0 Å². The van der Waals surface area contributed by atoms with Gasteiger partial charge in [-0.25, -0.2) is 0 Å². The highest BCUT2D eigenvalue weighted by Crippen LogP contribution is 2.29. The monoisotopic (exact) mass is 313 g/mol. The van der Waals surface area contributed by atoms with Gasteiger partial charge in [0.1, 0.15) is 0 Å². The lowest BCUT2D eigenvalue weighted by molar-refractivity contribution is 0.416. The fraction of sp³-hybridized carbons (Fsp3) is 0.786. The summed E-state index contributed by atoms with van der Waals surface area (Å²) in [6.45, 7) is 5.17. The van der Waals surface area contributed by atoms with E-state index >= 15 is 0 Å². The quantitative estimate of drug-likeness (QED) is 0.869. The Labute approximate surface area is 118 Å². The molecule has 2 unspecified atom stereocenters. The molecule has 4 heteroatoms. The Balaban J connectivity index is 2.12. The van der Waals surface area contributed by atoms with E-state index in [1.807, 2.05) is 0 Å². The summed E-state index contributed by atoms with van der Waals surface area (Å²) >= 11 is 3.69. The third-order valence-electron chi connectivity index (χ3n) is 4.01. The molecule has 1 saturated carbocycles. The van der Waals surface area contributed by atoms with Gasteiger partial charge in [-0.3, -0.25) is 4.68 Å². The Morgan fingerprint density at radius 2 is 2.11 bits per heavy atom. The van der Waals surface area contributed by atoms with E-state index in [4.69, 9.17) is 5.73 Å². The second-order valence-corrected chi connectivity index (χ2v) is 6.31. The second-order valence-electron chi connectivity index (χ2n) is 5.51. The molecule has 0 aromatic carbocycles. The van der Waals surface area contributed by atoms with Crippen molar-refractivity contribution in [1.82, 2.24) is 9.78 Å². The van der Waals surface area contributed by atoms with Crippen LogP contribution in [0.2, 0.25) is 0 Å². The number of nitrogens with zero attached hydrogens (tertiary/aromatic N) is 2. The predicted octanol–water partition coefficient (Wildman–Crippen LogP) is 3.42. The molecular weight excluding hydrogens is 290 g/mol. The van der Waals surface area contributed by atoms with E-state index in [1.165, 1.54) is 42.3 Å². The normalized spacial score (nSPS) is 25.1. The minimum atomic E-state index is 0.398. The summed E-state index contributed by atoms with van der Waals surface area (Å²) in [6.07, 6.45) is 7.42. The van der Waals surface area contributed by atoms with Crippen LogP contribution < -0.4 is 5.73 Å². The molecule has 1 fully saturated rings. The zero-order valence-corrected chi connectivity index (χ0v) is 13.0. The SMILES string of the molecule is CCn1nc(C)c(Br)c1CC1CCCCC(N)C1. The molecule has 1 aliphatic carbocycles. The van der Waals surface area contributed by atoms with E-state index in [0.29, 0.717) is 6.04 Å². The van der Waals surface area contributed by atoms with Gasteiger partial charge in [-0.2, -0.15) is 5.10 Å². The molecule has 0 radical (unpaired) electrons. The summed E-state index contributed by atoms with van der Waals surface area (Å²) in [5.74, 6) is 0.722. The number of halogens is 1. The molecule has 18 heavy (non-hydrogen) atoms. The summed E-state index contributed by atoms with van der Waals surface area (Å²) in [5, 5.41) is 4.58. The molecule has 0 saturated heterocycles. The zero-order valence-electron chi connectivity index (χ0n) is 11.5. The van der Waals surface area contributed by atoms with Gasteiger partial charge in [0.05, 0.1) is 15.9 Å². The first-order valence-corrected chi connectivity index (χ1v) is 7.88. The van der Waals surface area contributed by atoms with Crippen molar-refractivity contribution in [3.63, 3.8) is 0 Å². The number of aromatic nitrogens is 2. The van der Waals surface area contributed by atoms with Crippen LogP contribution in [-0.4, -0.2) is 15.8 Å². The van der Waals surface area contributed by atoms with Crippen LogP contribution in [0.1, 0.15) is 50.4 Å². The minimum Gasteiger partial charge on any atom is -0.328 e. The second kappa shape index (κ2) is 6.20. The molecule has 2 rings (SSSR count). The summed E-state index contributed by atoms with van der Waals surface area (Å²) in [5.41, 5.74) is 8.62. The van der Waals surface area contributed by atoms with Crippen molar-refractivity contribution in [3.8, 4) is 0 Å². The van der Waals surface area contributed by atoms with E-state index in [0.717, 1.165) is 24.6 Å². The molecule has 0 amide bonds. The van der Waals surface area contributed by atoms with Crippen molar-refractivity contribution in [2.45, 2.75) is 65.0 Å². The van der Waals surface area contributed by atoms with Crippen molar-refractivity contribution in [2.24, 2.45) is 11.7 Å². The fourth-order valence-corrected chi connectivity index (χ4v) is 3.47. The predicted molar refractivity (Wildman–Crippen MR) is 78.6 cm³/mol. The summed E-state index contributed by atoms with van der Waals surface area (Å²) in [6, 6.07) is 0.398. The fourth-order valence-electron chi connectivity index (χ4n) is 3.03. The Morgan fingerprint density at radius 3 is 2.83 bits per heavy atom. The standard InChI is InChI=1S/C14H24BrN3/c1-3-18-13(14(15)10(2)17-18)9-11-6-4-5-7-12(16)8-11/h11-12H,3-9,16H2,1-2H3. The van der Waals surface area contributed by atoms with Crippen molar-refractivity contribution in [3.05, 3.63) is 15.9 Å². The van der Waals surface area contributed by atoms with Crippen LogP contribution in [0, 0.1) is 12.8 Å². The summed E-state index contributed by atoms with van der Waals surface area (Å²) < 4.78 is 3.33. The number of hydrogen-bond acceptors (Lipinski definition) is 2. The zero-order chi connectivity index (χ0) is 13.1. The third-order valence-corrected chi connectivity index (χ3v) is 5.04. The van der Waals surface area contributed by atoms with Gasteiger partial charge in [-0.1, -0.05) is 19.3 Å². The van der Waals surface area contributed by atoms with Crippen LogP contribution in [0.25, 0.3) is 0 Å². The highest BCUT2D eigenvalue weighted by molar-refractivity contribution is 9.10. The molecule has 2 N–H and O–H groups in total. The molecule has 1 aliphatic rings. The minimum absolute atomic E-state index is 0.398. The number of nitrogens with two attached hydrogens (primary N) is 1. The van der Waals surface area contributed by atoms with E-state index < -0.39 is 0 Å². The van der Waals surface area contributed by atoms with Gasteiger partial charge in [0.25, 0.3) is 0 Å². The first-order valence-electron chi connectivity index (χ1n) is 7.09. The van der Waals surface area contributed by atoms with Crippen LogP contribution in [0.3, 0.4) is 0 Å². The maximum atomic E-state index is 6.16. The topological polar surface area (TPSA) is 43.8 Å². The van der Waals surface area contributed by atoms with Gasteiger partial charge in [-0.15, -0.1) is 0 Å². The molecule has 1 aromatic heterocycles. The highest BCUT2D eigenvalue weighted by Gasteiger charge is 2.21. The largest absolute Gasteiger partial charge is 0.328 e. The molecular formula is C14H24BrN3. The Morgan fingerprint density at radius 1 is 1.39 bits per heavy atom. The average molecular weight is 314 g/mol. The first-order chi connectivity index (χ1) is 8.61. The number of rotatable bonds is 3. The molecule has 0 bridgehead atoms. The van der Waals surface area contributed by atoms with Crippen molar-refractivity contribution >= 4 is 15.9 Å². The maximum absolute atomic E-state index is 6.16. The molecule has 0 aliphatic heterocycles.